The van der Waals surface area contributed by atoms with Gasteiger partial charge in [0.15, 0.2) is 11.5 Å². The molecule has 2 aliphatic heterocycles. The Morgan fingerprint density at radius 3 is 2.77 bits per heavy atom. The smallest absolute Gasteiger partial charge is 0.269 e. The average molecular weight is 506 g/mol. The van der Waals surface area contributed by atoms with Crippen molar-refractivity contribution in [3.05, 3.63) is 52.7 Å². The lowest BCUT2D eigenvalue weighted by atomic mass is 10.0. The van der Waals surface area contributed by atoms with Crippen molar-refractivity contribution in [2.45, 2.75) is 31.7 Å². The van der Waals surface area contributed by atoms with Crippen molar-refractivity contribution in [2.24, 2.45) is 0 Å². The van der Waals surface area contributed by atoms with Gasteiger partial charge >= 0.3 is 0 Å². The molecule has 3 aromatic rings. The van der Waals surface area contributed by atoms with Crippen molar-refractivity contribution in [1.29, 1.82) is 0 Å². The lowest BCUT2D eigenvalue weighted by molar-refractivity contribution is 0.100. The van der Waals surface area contributed by atoms with Crippen molar-refractivity contribution in [2.75, 3.05) is 40.0 Å². The molecule has 1 saturated heterocycles. The largest absolute Gasteiger partial charge is 0.497 e. The SMILES string of the molecule is COc1ccc2ncc(=O)n(CCN3CCC(NCc4cc5c(cn4)OCCO5)C(F)C3)c2c1.Cl. The number of benzene rings is 1. The van der Waals surface area contributed by atoms with Crippen LogP contribution in [0.4, 0.5) is 4.39 Å². The second-order valence-corrected chi connectivity index (χ2v) is 8.51. The number of ether oxygens (including phenoxy) is 3. The maximum atomic E-state index is 15.0. The van der Waals surface area contributed by atoms with Crippen LogP contribution in [0.2, 0.25) is 0 Å². The Kier molecular flexibility index (Phi) is 8.04. The Bertz CT molecular complexity index is 1230. The molecule has 0 bridgehead atoms. The zero-order valence-corrected chi connectivity index (χ0v) is 20.3. The molecule has 1 fully saturated rings. The predicted molar refractivity (Wildman–Crippen MR) is 132 cm³/mol. The summed E-state index contributed by atoms with van der Waals surface area (Å²) in [5.41, 5.74) is 2.05. The number of aromatic nitrogens is 3. The molecule has 4 heterocycles. The molecule has 0 saturated carbocycles. The number of likely N-dealkylation sites (tertiary alicyclic amines) is 1. The number of piperidine rings is 1. The average Bonchev–Trinajstić information content (AvgIpc) is 2.87. The van der Waals surface area contributed by atoms with E-state index >= 15 is 0 Å². The highest BCUT2D eigenvalue weighted by Crippen LogP contribution is 2.29. The van der Waals surface area contributed by atoms with Gasteiger partial charge in [-0.3, -0.25) is 14.7 Å². The summed E-state index contributed by atoms with van der Waals surface area (Å²) in [6.45, 7) is 3.59. The quantitative estimate of drug-likeness (QED) is 0.522. The number of fused-ring (bicyclic) bond motifs is 2. The zero-order valence-electron chi connectivity index (χ0n) is 19.5. The topological polar surface area (TPSA) is 90.7 Å². The number of hydrogen-bond donors (Lipinski definition) is 1. The highest BCUT2D eigenvalue weighted by molar-refractivity contribution is 5.85. The minimum absolute atomic E-state index is 0. The van der Waals surface area contributed by atoms with Crippen molar-refractivity contribution >= 4 is 23.4 Å². The van der Waals surface area contributed by atoms with Crippen molar-refractivity contribution < 1.29 is 18.6 Å². The molecule has 0 aliphatic carbocycles. The van der Waals surface area contributed by atoms with Gasteiger partial charge in [0.05, 0.1) is 36.2 Å². The van der Waals surface area contributed by atoms with Crippen LogP contribution in [0.25, 0.3) is 11.0 Å². The first-order valence-electron chi connectivity index (χ1n) is 11.5. The molecule has 35 heavy (non-hydrogen) atoms. The number of halogens is 2. The summed E-state index contributed by atoms with van der Waals surface area (Å²) in [6.07, 6.45) is 2.64. The molecule has 0 spiro atoms. The van der Waals surface area contributed by atoms with E-state index in [-0.39, 0.29) is 24.0 Å². The maximum Gasteiger partial charge on any atom is 0.269 e. The predicted octanol–water partition coefficient (Wildman–Crippen LogP) is 2.20. The van der Waals surface area contributed by atoms with Crippen molar-refractivity contribution in [3.63, 3.8) is 0 Å². The van der Waals surface area contributed by atoms with Crippen molar-refractivity contribution in [3.8, 4) is 17.2 Å². The molecule has 1 N–H and O–H groups in total. The standard InChI is InChI=1S/C24H28FN5O4.ClH/c1-32-17-2-3-20-21(11-17)30(24(31)14-28-20)7-6-29-5-4-19(18(25)15-29)27-12-16-10-22-23(13-26-16)34-9-8-33-22;/h2-3,10-11,13-14,18-19,27H,4-9,12,15H2,1H3;1H. The summed E-state index contributed by atoms with van der Waals surface area (Å²) < 4.78 is 33.0. The molecule has 11 heteroatoms. The van der Waals surface area contributed by atoms with Gasteiger partial charge in [-0.05, 0) is 25.1 Å². The molecule has 2 aliphatic rings. The summed E-state index contributed by atoms with van der Waals surface area (Å²) in [7, 11) is 1.59. The van der Waals surface area contributed by atoms with Gasteiger partial charge in [-0.15, -0.1) is 12.4 Å². The molecular weight excluding hydrogens is 477 g/mol. The van der Waals surface area contributed by atoms with Crippen LogP contribution in [0, 0.1) is 0 Å². The number of hydrogen-bond acceptors (Lipinski definition) is 8. The molecule has 0 radical (unpaired) electrons. The number of nitrogens with zero attached hydrogens (tertiary/aromatic N) is 4. The third kappa shape index (κ3) is 5.66. The molecule has 0 amide bonds. The van der Waals surface area contributed by atoms with Gasteiger partial charge < -0.3 is 24.1 Å². The summed E-state index contributed by atoms with van der Waals surface area (Å²) >= 11 is 0. The van der Waals surface area contributed by atoms with Gasteiger partial charge in [-0.2, -0.15) is 0 Å². The first-order valence-corrected chi connectivity index (χ1v) is 11.5. The highest BCUT2D eigenvalue weighted by Gasteiger charge is 2.29. The second kappa shape index (κ2) is 11.2. The monoisotopic (exact) mass is 505 g/mol. The van der Waals surface area contributed by atoms with Gasteiger partial charge in [0.2, 0.25) is 0 Å². The minimum Gasteiger partial charge on any atom is -0.497 e. The summed E-state index contributed by atoms with van der Waals surface area (Å²) in [4.78, 5) is 23.1. The second-order valence-electron chi connectivity index (χ2n) is 8.51. The van der Waals surface area contributed by atoms with E-state index in [0.717, 1.165) is 17.8 Å². The van der Waals surface area contributed by atoms with E-state index < -0.39 is 6.17 Å². The fourth-order valence-electron chi connectivity index (χ4n) is 4.46. The normalized spacial score (nSPS) is 19.8. The van der Waals surface area contributed by atoms with E-state index in [1.54, 1.807) is 17.9 Å². The minimum atomic E-state index is -1.02. The Balaban J connectivity index is 0.00000289. The summed E-state index contributed by atoms with van der Waals surface area (Å²) in [5, 5.41) is 3.30. The lowest BCUT2D eigenvalue weighted by Crippen LogP contribution is -2.51. The van der Waals surface area contributed by atoms with Gasteiger partial charge in [0.1, 0.15) is 25.1 Å². The number of rotatable bonds is 7. The fourth-order valence-corrected chi connectivity index (χ4v) is 4.46. The van der Waals surface area contributed by atoms with E-state index in [4.69, 9.17) is 14.2 Å². The van der Waals surface area contributed by atoms with Crippen LogP contribution in [-0.4, -0.2) is 71.6 Å². The van der Waals surface area contributed by atoms with Gasteiger partial charge in [-0.25, -0.2) is 9.37 Å². The van der Waals surface area contributed by atoms with Crippen LogP contribution < -0.4 is 25.1 Å². The van der Waals surface area contributed by atoms with Crippen LogP contribution >= 0.6 is 12.4 Å². The van der Waals surface area contributed by atoms with Crippen LogP contribution in [0.15, 0.2) is 41.5 Å². The zero-order chi connectivity index (χ0) is 23.5. The molecular formula is C24H29ClFN5O4. The Labute approximate surface area is 208 Å². The molecule has 2 unspecified atom stereocenters. The van der Waals surface area contributed by atoms with E-state index in [9.17, 15) is 9.18 Å². The number of nitrogens with one attached hydrogen (secondary N) is 1. The third-order valence-electron chi connectivity index (χ3n) is 6.35. The Morgan fingerprint density at radius 1 is 1.14 bits per heavy atom. The summed E-state index contributed by atoms with van der Waals surface area (Å²) in [5.74, 6) is 1.99. The fraction of sp³-hybridized carbons (Fsp3) is 0.458. The molecule has 9 nitrogen and oxygen atoms in total. The van der Waals surface area contributed by atoms with Gasteiger partial charge in [0.25, 0.3) is 5.56 Å². The highest BCUT2D eigenvalue weighted by atomic mass is 35.5. The summed E-state index contributed by atoms with van der Waals surface area (Å²) in [6, 6.07) is 7.05. The number of pyridine rings is 1. The molecule has 2 atom stereocenters. The van der Waals surface area contributed by atoms with Crippen LogP contribution in [0.5, 0.6) is 17.2 Å². The first kappa shape index (κ1) is 25.2. The number of methoxy groups -OCH3 is 1. The molecule has 2 aromatic heterocycles. The lowest BCUT2D eigenvalue weighted by Gasteiger charge is -2.35. The van der Waals surface area contributed by atoms with Crippen LogP contribution in [0.3, 0.4) is 0 Å². The Morgan fingerprint density at radius 2 is 1.97 bits per heavy atom. The van der Waals surface area contributed by atoms with E-state index in [0.29, 0.717) is 68.6 Å². The van der Waals surface area contributed by atoms with Crippen molar-refractivity contribution in [1.82, 2.24) is 24.8 Å². The first-order chi connectivity index (χ1) is 16.6. The molecule has 188 valence electrons. The third-order valence-corrected chi connectivity index (χ3v) is 6.35. The van der Waals surface area contributed by atoms with Crippen LogP contribution in [-0.2, 0) is 13.1 Å². The maximum absolute atomic E-state index is 15.0. The number of alkyl halides is 1. The van der Waals surface area contributed by atoms with Crippen LogP contribution in [0.1, 0.15) is 12.1 Å². The molecule has 5 rings (SSSR count). The van der Waals surface area contributed by atoms with Gasteiger partial charge in [-0.1, -0.05) is 0 Å². The Hall–Kier alpha value is -2.95. The van der Waals surface area contributed by atoms with E-state index in [1.807, 2.05) is 24.3 Å². The van der Waals surface area contributed by atoms with E-state index in [1.165, 1.54) is 6.20 Å². The van der Waals surface area contributed by atoms with Gasteiger partial charge in [0, 0.05) is 44.4 Å². The van der Waals surface area contributed by atoms with E-state index in [2.05, 4.69) is 20.2 Å². The molecule has 1 aromatic carbocycles.